The SMILES string of the molecule is CCCNc1cc(N(C)C(C)CSC)nc(N)n1. The summed E-state index contributed by atoms with van der Waals surface area (Å²) in [7, 11) is 2.03. The molecule has 1 aromatic rings. The molecule has 1 unspecified atom stereocenters. The third-order valence-corrected chi connectivity index (χ3v) is 3.53. The lowest BCUT2D eigenvalue weighted by molar-refractivity contribution is 0.752. The fourth-order valence-corrected chi connectivity index (χ4v) is 2.26. The third kappa shape index (κ3) is 4.25. The molecule has 0 fully saturated rings. The second-order valence-electron chi connectivity index (χ2n) is 4.31. The summed E-state index contributed by atoms with van der Waals surface area (Å²) in [6, 6.07) is 2.36. The third-order valence-electron chi connectivity index (χ3n) is 2.72. The normalized spacial score (nSPS) is 12.2. The van der Waals surface area contributed by atoms with E-state index in [2.05, 4.69) is 40.3 Å². The molecule has 1 rings (SSSR count). The lowest BCUT2D eigenvalue weighted by Crippen LogP contribution is -2.31. The fourth-order valence-electron chi connectivity index (χ4n) is 1.56. The number of nitrogen functional groups attached to an aromatic ring is 1. The van der Waals surface area contributed by atoms with Crippen LogP contribution in [0.15, 0.2) is 6.07 Å². The Morgan fingerprint density at radius 1 is 1.50 bits per heavy atom. The summed E-state index contributed by atoms with van der Waals surface area (Å²) in [6.07, 6.45) is 3.16. The molecule has 0 aliphatic rings. The number of aromatic nitrogens is 2. The molecule has 0 radical (unpaired) electrons. The lowest BCUT2D eigenvalue weighted by atomic mass is 10.3. The predicted octanol–water partition coefficient (Wildman–Crippen LogP) is 2.07. The van der Waals surface area contributed by atoms with Gasteiger partial charge in [-0.15, -0.1) is 0 Å². The van der Waals surface area contributed by atoms with Gasteiger partial charge in [-0.1, -0.05) is 6.92 Å². The molecule has 0 amide bonds. The second-order valence-corrected chi connectivity index (χ2v) is 5.22. The summed E-state index contributed by atoms with van der Waals surface area (Å²) >= 11 is 1.82. The molecule has 0 aliphatic carbocycles. The molecule has 0 bridgehead atoms. The van der Waals surface area contributed by atoms with Crippen LogP contribution in [-0.2, 0) is 0 Å². The molecule has 1 heterocycles. The second kappa shape index (κ2) is 7.31. The first kappa shape index (κ1) is 14.9. The zero-order valence-corrected chi connectivity index (χ0v) is 12.4. The number of hydrogen-bond donors (Lipinski definition) is 2. The molecule has 3 N–H and O–H groups in total. The van der Waals surface area contributed by atoms with Crippen molar-refractivity contribution >= 4 is 29.3 Å². The Hall–Kier alpha value is -1.17. The van der Waals surface area contributed by atoms with Crippen LogP contribution in [0.2, 0.25) is 0 Å². The summed E-state index contributed by atoms with van der Waals surface area (Å²) in [6.45, 7) is 5.18. The standard InChI is InChI=1S/C12H23N5S/c1-5-6-14-10-7-11(16-12(13)15-10)17(3)9(2)8-18-4/h7,9H,5-6,8H2,1-4H3,(H3,13,14,15,16). The van der Waals surface area contributed by atoms with E-state index in [1.165, 1.54) is 0 Å². The van der Waals surface area contributed by atoms with Gasteiger partial charge in [0.05, 0.1) is 0 Å². The van der Waals surface area contributed by atoms with Crippen molar-refractivity contribution in [2.75, 3.05) is 41.6 Å². The molecule has 0 aliphatic heterocycles. The highest BCUT2D eigenvalue weighted by molar-refractivity contribution is 7.98. The quantitative estimate of drug-likeness (QED) is 0.790. The van der Waals surface area contributed by atoms with E-state index in [4.69, 9.17) is 5.73 Å². The Morgan fingerprint density at radius 3 is 2.83 bits per heavy atom. The van der Waals surface area contributed by atoms with Crippen LogP contribution in [0.5, 0.6) is 0 Å². The first-order valence-electron chi connectivity index (χ1n) is 6.18. The molecule has 18 heavy (non-hydrogen) atoms. The maximum Gasteiger partial charge on any atom is 0.223 e. The minimum Gasteiger partial charge on any atom is -0.370 e. The predicted molar refractivity (Wildman–Crippen MR) is 81.5 cm³/mol. The summed E-state index contributed by atoms with van der Waals surface area (Å²) in [5.74, 6) is 3.03. The minimum atomic E-state index is 0.314. The van der Waals surface area contributed by atoms with Gasteiger partial charge in [0.2, 0.25) is 5.95 Å². The van der Waals surface area contributed by atoms with Gasteiger partial charge in [0.25, 0.3) is 0 Å². The van der Waals surface area contributed by atoms with Crippen LogP contribution in [0.3, 0.4) is 0 Å². The summed E-state index contributed by atoms with van der Waals surface area (Å²) in [4.78, 5) is 10.6. The number of thioether (sulfide) groups is 1. The van der Waals surface area contributed by atoms with Crippen LogP contribution in [0.25, 0.3) is 0 Å². The van der Waals surface area contributed by atoms with E-state index in [9.17, 15) is 0 Å². The van der Waals surface area contributed by atoms with E-state index in [1.807, 2.05) is 24.9 Å². The number of nitrogens with one attached hydrogen (secondary N) is 1. The van der Waals surface area contributed by atoms with Crippen molar-refractivity contribution in [3.63, 3.8) is 0 Å². The number of anilines is 3. The average Bonchev–Trinajstić information content (AvgIpc) is 2.35. The molecule has 6 heteroatoms. The Morgan fingerprint density at radius 2 is 2.22 bits per heavy atom. The van der Waals surface area contributed by atoms with Gasteiger partial charge in [0, 0.05) is 31.5 Å². The highest BCUT2D eigenvalue weighted by Gasteiger charge is 2.12. The van der Waals surface area contributed by atoms with Gasteiger partial charge < -0.3 is 16.0 Å². The van der Waals surface area contributed by atoms with Crippen molar-refractivity contribution < 1.29 is 0 Å². The van der Waals surface area contributed by atoms with E-state index in [0.29, 0.717) is 12.0 Å². The topological polar surface area (TPSA) is 67.1 Å². The molecular weight excluding hydrogens is 246 g/mol. The van der Waals surface area contributed by atoms with E-state index >= 15 is 0 Å². The maximum absolute atomic E-state index is 5.75. The molecule has 0 saturated carbocycles. The average molecular weight is 269 g/mol. The minimum absolute atomic E-state index is 0.314. The number of rotatable bonds is 7. The van der Waals surface area contributed by atoms with E-state index in [0.717, 1.165) is 30.4 Å². The Balaban J connectivity index is 2.84. The van der Waals surface area contributed by atoms with Crippen LogP contribution >= 0.6 is 11.8 Å². The molecule has 102 valence electrons. The van der Waals surface area contributed by atoms with Crippen molar-refractivity contribution in [1.82, 2.24) is 9.97 Å². The summed E-state index contributed by atoms with van der Waals surface area (Å²) in [5.41, 5.74) is 5.75. The van der Waals surface area contributed by atoms with Gasteiger partial charge in [-0.2, -0.15) is 21.7 Å². The molecular formula is C12H23N5S. The summed E-state index contributed by atoms with van der Waals surface area (Å²) < 4.78 is 0. The number of nitrogens with zero attached hydrogens (tertiary/aromatic N) is 3. The van der Waals surface area contributed by atoms with Gasteiger partial charge in [-0.3, -0.25) is 0 Å². The van der Waals surface area contributed by atoms with Gasteiger partial charge in [0.1, 0.15) is 11.6 Å². The Bertz CT molecular complexity index is 371. The van der Waals surface area contributed by atoms with Crippen molar-refractivity contribution in [1.29, 1.82) is 0 Å². The van der Waals surface area contributed by atoms with E-state index in [1.54, 1.807) is 0 Å². The van der Waals surface area contributed by atoms with Gasteiger partial charge >= 0.3 is 0 Å². The molecule has 1 atom stereocenters. The smallest absolute Gasteiger partial charge is 0.223 e. The fraction of sp³-hybridized carbons (Fsp3) is 0.667. The molecule has 0 saturated heterocycles. The van der Waals surface area contributed by atoms with E-state index in [-0.39, 0.29) is 0 Å². The van der Waals surface area contributed by atoms with E-state index < -0.39 is 0 Å². The highest BCUT2D eigenvalue weighted by atomic mass is 32.2. The molecule has 1 aromatic heterocycles. The Kier molecular flexibility index (Phi) is 6.04. The Labute approximate surface area is 114 Å². The first-order valence-corrected chi connectivity index (χ1v) is 7.58. The van der Waals surface area contributed by atoms with Crippen LogP contribution in [0.4, 0.5) is 17.6 Å². The van der Waals surface area contributed by atoms with Crippen molar-refractivity contribution in [2.24, 2.45) is 0 Å². The number of nitrogens with two attached hydrogens (primary N) is 1. The maximum atomic E-state index is 5.75. The lowest BCUT2D eigenvalue weighted by Gasteiger charge is -2.25. The first-order chi connectivity index (χ1) is 8.58. The summed E-state index contributed by atoms with van der Waals surface area (Å²) in [5, 5.41) is 3.24. The highest BCUT2D eigenvalue weighted by Crippen LogP contribution is 2.18. The number of hydrogen-bond acceptors (Lipinski definition) is 6. The largest absolute Gasteiger partial charge is 0.370 e. The van der Waals surface area contributed by atoms with Crippen LogP contribution in [0.1, 0.15) is 20.3 Å². The molecule has 5 nitrogen and oxygen atoms in total. The van der Waals surface area contributed by atoms with Crippen LogP contribution in [-0.4, -0.2) is 41.6 Å². The van der Waals surface area contributed by atoms with Crippen LogP contribution in [0, 0.1) is 0 Å². The van der Waals surface area contributed by atoms with Gasteiger partial charge in [-0.05, 0) is 19.6 Å². The van der Waals surface area contributed by atoms with Crippen molar-refractivity contribution in [3.8, 4) is 0 Å². The van der Waals surface area contributed by atoms with Crippen molar-refractivity contribution in [3.05, 3.63) is 6.07 Å². The van der Waals surface area contributed by atoms with Gasteiger partial charge in [-0.25, -0.2) is 0 Å². The zero-order chi connectivity index (χ0) is 13.5. The zero-order valence-electron chi connectivity index (χ0n) is 11.6. The van der Waals surface area contributed by atoms with Crippen molar-refractivity contribution in [2.45, 2.75) is 26.3 Å². The monoisotopic (exact) mass is 269 g/mol. The van der Waals surface area contributed by atoms with Crippen LogP contribution < -0.4 is 16.0 Å². The molecule has 0 spiro atoms. The van der Waals surface area contributed by atoms with Gasteiger partial charge in [0.15, 0.2) is 0 Å². The molecule has 0 aromatic carbocycles.